The third-order valence-electron chi connectivity index (χ3n) is 3.14. The normalized spacial score (nSPS) is 21.2. The quantitative estimate of drug-likeness (QED) is 0.889. The number of ether oxygens (including phenoxy) is 1. The van der Waals surface area contributed by atoms with Crippen LogP contribution in [0.1, 0.15) is 43.2 Å². The number of halogens is 1. The molecule has 2 atom stereocenters. The van der Waals surface area contributed by atoms with Gasteiger partial charge in [0, 0.05) is 23.6 Å². The van der Waals surface area contributed by atoms with E-state index in [-0.39, 0.29) is 0 Å². The third-order valence-corrected chi connectivity index (χ3v) is 4.85. The van der Waals surface area contributed by atoms with Crippen molar-refractivity contribution in [1.29, 1.82) is 0 Å². The molecule has 2 unspecified atom stereocenters. The Hall–Kier alpha value is 0.100. The van der Waals surface area contributed by atoms with Gasteiger partial charge in [0.15, 0.2) is 0 Å². The highest BCUT2D eigenvalue weighted by molar-refractivity contribution is 9.11. The summed E-state index contributed by atoms with van der Waals surface area (Å²) in [4.78, 5) is 1.55. The van der Waals surface area contributed by atoms with Gasteiger partial charge in [-0.2, -0.15) is 0 Å². The zero-order chi connectivity index (χ0) is 12.3. The summed E-state index contributed by atoms with van der Waals surface area (Å²) in [5, 5.41) is 3.68. The van der Waals surface area contributed by atoms with Crippen LogP contribution in [0.15, 0.2) is 9.85 Å². The molecular weight excluding hydrogens is 298 g/mol. The molecule has 0 aliphatic heterocycles. The number of hydrogen-bond donors (Lipinski definition) is 1. The van der Waals surface area contributed by atoms with E-state index in [1.54, 1.807) is 4.88 Å². The molecule has 0 saturated heterocycles. The molecule has 1 aliphatic rings. The molecule has 0 amide bonds. The van der Waals surface area contributed by atoms with E-state index in [2.05, 4.69) is 34.2 Å². The molecule has 1 aromatic heterocycles. The molecular formula is C13H20BrNOS. The van der Waals surface area contributed by atoms with Crippen LogP contribution in [-0.4, -0.2) is 19.3 Å². The lowest BCUT2D eigenvalue weighted by Crippen LogP contribution is -2.35. The second kappa shape index (κ2) is 6.32. The second-order valence-corrected chi connectivity index (χ2v) is 7.12. The van der Waals surface area contributed by atoms with Crippen molar-refractivity contribution in [2.24, 2.45) is 0 Å². The summed E-state index contributed by atoms with van der Waals surface area (Å²) in [5.74, 6) is 0. The molecule has 0 aromatic carbocycles. The molecule has 17 heavy (non-hydrogen) atoms. The summed E-state index contributed by atoms with van der Waals surface area (Å²) in [6, 6.07) is 3.21. The Bertz CT molecular complexity index is 366. The van der Waals surface area contributed by atoms with E-state index in [0.717, 1.165) is 13.2 Å². The Kier molecular flexibility index (Phi) is 5.03. The maximum absolute atomic E-state index is 5.46. The van der Waals surface area contributed by atoms with E-state index in [0.29, 0.717) is 12.1 Å². The molecule has 2 nitrogen and oxygen atoms in total. The Balaban J connectivity index is 1.98. The van der Waals surface area contributed by atoms with E-state index < -0.39 is 0 Å². The summed E-state index contributed by atoms with van der Waals surface area (Å²) in [5.41, 5.74) is 1.50. The van der Waals surface area contributed by atoms with Gasteiger partial charge < -0.3 is 10.1 Å². The molecule has 1 aromatic rings. The van der Waals surface area contributed by atoms with Crippen LogP contribution in [0.25, 0.3) is 0 Å². The number of rotatable bonds is 5. The smallest absolute Gasteiger partial charge is 0.0704 e. The predicted molar refractivity (Wildman–Crippen MR) is 76.8 cm³/mol. The van der Waals surface area contributed by atoms with Crippen LogP contribution in [-0.2, 0) is 11.2 Å². The van der Waals surface area contributed by atoms with Gasteiger partial charge in [0.05, 0.1) is 10.4 Å². The minimum absolute atomic E-state index is 0.421. The number of thiophene rings is 1. The minimum atomic E-state index is 0.421. The lowest BCUT2D eigenvalue weighted by molar-refractivity contribution is 0.122. The third kappa shape index (κ3) is 3.53. The summed E-state index contributed by atoms with van der Waals surface area (Å²) < 4.78 is 6.72. The van der Waals surface area contributed by atoms with Crippen LogP contribution in [0.2, 0.25) is 0 Å². The van der Waals surface area contributed by atoms with Crippen molar-refractivity contribution in [3.05, 3.63) is 20.3 Å². The van der Waals surface area contributed by atoms with Gasteiger partial charge in [-0.25, -0.2) is 0 Å². The number of fused-ring (bicyclic) bond motifs is 1. The molecule has 0 spiro atoms. The van der Waals surface area contributed by atoms with Gasteiger partial charge in [-0.3, -0.25) is 0 Å². The fourth-order valence-corrected chi connectivity index (χ4v) is 4.20. The van der Waals surface area contributed by atoms with Gasteiger partial charge in [-0.15, -0.1) is 11.3 Å². The van der Waals surface area contributed by atoms with Crippen LogP contribution in [0.4, 0.5) is 0 Å². The van der Waals surface area contributed by atoms with Crippen LogP contribution in [0, 0.1) is 0 Å². The first-order chi connectivity index (χ1) is 8.20. The molecule has 96 valence electrons. The zero-order valence-corrected chi connectivity index (χ0v) is 12.9. The Morgan fingerprint density at radius 2 is 2.47 bits per heavy atom. The standard InChI is InChI=1S/C13H20BrNOS/c1-3-16-8-9(2)15-11-5-4-6-12-10(11)7-13(14)17-12/h7,9,11,15H,3-6,8H2,1-2H3. The minimum Gasteiger partial charge on any atom is -0.380 e. The zero-order valence-electron chi connectivity index (χ0n) is 10.5. The van der Waals surface area contributed by atoms with Gasteiger partial charge >= 0.3 is 0 Å². The molecule has 1 heterocycles. The molecule has 0 bridgehead atoms. The topological polar surface area (TPSA) is 21.3 Å². The highest BCUT2D eigenvalue weighted by Gasteiger charge is 2.23. The van der Waals surface area contributed by atoms with E-state index in [1.165, 1.54) is 28.6 Å². The van der Waals surface area contributed by atoms with Gasteiger partial charge in [0.25, 0.3) is 0 Å². The first-order valence-electron chi connectivity index (χ1n) is 6.32. The molecule has 2 rings (SSSR count). The molecule has 4 heteroatoms. The SMILES string of the molecule is CCOCC(C)NC1CCCc2sc(Br)cc21. The summed E-state index contributed by atoms with van der Waals surface area (Å²) in [6.07, 6.45) is 3.77. The van der Waals surface area contributed by atoms with E-state index >= 15 is 0 Å². The molecule has 0 saturated carbocycles. The van der Waals surface area contributed by atoms with E-state index in [1.807, 2.05) is 18.3 Å². The average Bonchev–Trinajstić information content (AvgIpc) is 2.68. The Labute approximate surface area is 116 Å². The fraction of sp³-hybridized carbons (Fsp3) is 0.692. The Morgan fingerprint density at radius 1 is 1.65 bits per heavy atom. The second-order valence-electron chi connectivity index (χ2n) is 4.60. The monoisotopic (exact) mass is 317 g/mol. The lowest BCUT2D eigenvalue weighted by atomic mass is 9.93. The molecule has 0 radical (unpaired) electrons. The van der Waals surface area contributed by atoms with Crippen molar-refractivity contribution in [3.8, 4) is 0 Å². The van der Waals surface area contributed by atoms with Crippen molar-refractivity contribution in [1.82, 2.24) is 5.32 Å². The van der Waals surface area contributed by atoms with Crippen molar-refractivity contribution in [3.63, 3.8) is 0 Å². The number of aryl methyl sites for hydroxylation is 1. The average molecular weight is 318 g/mol. The van der Waals surface area contributed by atoms with Gasteiger partial charge in [0.2, 0.25) is 0 Å². The maximum Gasteiger partial charge on any atom is 0.0704 e. The van der Waals surface area contributed by atoms with Gasteiger partial charge in [-0.05, 0) is 60.7 Å². The van der Waals surface area contributed by atoms with Crippen LogP contribution >= 0.6 is 27.3 Å². The lowest BCUT2D eigenvalue weighted by Gasteiger charge is -2.27. The van der Waals surface area contributed by atoms with Crippen LogP contribution < -0.4 is 5.32 Å². The predicted octanol–water partition coefficient (Wildman–Crippen LogP) is 3.90. The fourth-order valence-electron chi connectivity index (χ4n) is 2.38. The number of nitrogens with one attached hydrogen (secondary N) is 1. The van der Waals surface area contributed by atoms with Crippen molar-refractivity contribution in [2.75, 3.05) is 13.2 Å². The summed E-state index contributed by atoms with van der Waals surface area (Å²) >= 11 is 5.48. The van der Waals surface area contributed by atoms with Gasteiger partial charge in [0.1, 0.15) is 0 Å². The van der Waals surface area contributed by atoms with Crippen molar-refractivity contribution in [2.45, 2.75) is 45.2 Å². The van der Waals surface area contributed by atoms with E-state index in [9.17, 15) is 0 Å². The highest BCUT2D eigenvalue weighted by Crippen LogP contribution is 2.38. The molecule has 1 N–H and O–H groups in total. The highest BCUT2D eigenvalue weighted by atomic mass is 79.9. The molecule has 0 fully saturated rings. The first-order valence-corrected chi connectivity index (χ1v) is 7.93. The largest absolute Gasteiger partial charge is 0.380 e. The van der Waals surface area contributed by atoms with Gasteiger partial charge in [-0.1, -0.05) is 0 Å². The Morgan fingerprint density at radius 3 is 3.24 bits per heavy atom. The first kappa shape index (κ1) is 13.5. The van der Waals surface area contributed by atoms with E-state index in [4.69, 9.17) is 4.74 Å². The number of hydrogen-bond acceptors (Lipinski definition) is 3. The maximum atomic E-state index is 5.46. The summed E-state index contributed by atoms with van der Waals surface area (Å²) in [6.45, 7) is 5.84. The van der Waals surface area contributed by atoms with Crippen LogP contribution in [0.5, 0.6) is 0 Å². The van der Waals surface area contributed by atoms with Crippen molar-refractivity contribution >= 4 is 27.3 Å². The van der Waals surface area contributed by atoms with Crippen LogP contribution in [0.3, 0.4) is 0 Å². The molecule has 1 aliphatic carbocycles. The summed E-state index contributed by atoms with van der Waals surface area (Å²) in [7, 11) is 0. The van der Waals surface area contributed by atoms with Crippen molar-refractivity contribution < 1.29 is 4.74 Å².